The zero-order valence-electron chi connectivity index (χ0n) is 11.9. The van der Waals surface area contributed by atoms with E-state index in [4.69, 9.17) is 16.3 Å². The van der Waals surface area contributed by atoms with Crippen LogP contribution in [0.25, 0.3) is 0 Å². The summed E-state index contributed by atoms with van der Waals surface area (Å²) in [5.74, 6) is -1.01. The van der Waals surface area contributed by atoms with E-state index in [-0.39, 0.29) is 23.3 Å². The molecule has 0 radical (unpaired) electrons. The number of hydrogen-bond acceptors (Lipinski definition) is 3. The van der Waals surface area contributed by atoms with Crippen molar-refractivity contribution in [1.82, 2.24) is 10.6 Å². The maximum absolute atomic E-state index is 12.8. The molecule has 2 N–H and O–H groups in total. The summed E-state index contributed by atoms with van der Waals surface area (Å²) in [6, 6.07) is 2.95. The van der Waals surface area contributed by atoms with Crippen molar-refractivity contribution in [2.45, 2.75) is 26.3 Å². The van der Waals surface area contributed by atoms with E-state index in [0.29, 0.717) is 6.54 Å². The van der Waals surface area contributed by atoms with Gasteiger partial charge < -0.3 is 15.4 Å². The molecule has 0 aliphatic carbocycles. The molecule has 116 valence electrons. The second-order valence-electron chi connectivity index (χ2n) is 4.44. The normalized spacial score (nSPS) is 11.6. The number of halogens is 2. The van der Waals surface area contributed by atoms with Crippen molar-refractivity contribution in [2.75, 3.05) is 13.2 Å². The second kappa shape index (κ2) is 8.46. The molecular weight excluding hydrogens is 299 g/mol. The number of benzene rings is 1. The lowest BCUT2D eigenvalue weighted by atomic mass is 10.3. The summed E-state index contributed by atoms with van der Waals surface area (Å²) in [6.07, 6.45) is 0.818. The van der Waals surface area contributed by atoms with Crippen LogP contribution in [0.15, 0.2) is 18.2 Å². The van der Waals surface area contributed by atoms with Gasteiger partial charge in [0.15, 0.2) is 6.61 Å². The Morgan fingerprint density at radius 3 is 2.76 bits per heavy atom. The number of ether oxygens (including phenoxy) is 1. The van der Waals surface area contributed by atoms with E-state index < -0.39 is 17.8 Å². The highest BCUT2D eigenvalue weighted by Crippen LogP contribution is 2.24. The Balaban J connectivity index is 2.41. The minimum absolute atomic E-state index is 0.0801. The molecule has 21 heavy (non-hydrogen) atoms. The van der Waals surface area contributed by atoms with Gasteiger partial charge in [0.25, 0.3) is 5.91 Å². The first-order valence-corrected chi connectivity index (χ1v) is 6.96. The predicted molar refractivity (Wildman–Crippen MR) is 77.8 cm³/mol. The molecule has 0 unspecified atom stereocenters. The highest BCUT2D eigenvalue weighted by atomic mass is 35.5. The van der Waals surface area contributed by atoms with Crippen LogP contribution < -0.4 is 15.4 Å². The van der Waals surface area contributed by atoms with Crippen LogP contribution >= 0.6 is 11.6 Å². The molecule has 0 saturated carbocycles. The smallest absolute Gasteiger partial charge is 0.258 e. The minimum atomic E-state index is -0.656. The number of amides is 2. The minimum Gasteiger partial charge on any atom is -0.482 e. The highest BCUT2D eigenvalue weighted by molar-refractivity contribution is 6.32. The van der Waals surface area contributed by atoms with E-state index in [1.54, 1.807) is 6.92 Å². The summed E-state index contributed by atoms with van der Waals surface area (Å²) in [6.45, 7) is 3.76. The molecule has 7 heteroatoms. The van der Waals surface area contributed by atoms with E-state index in [1.165, 1.54) is 12.1 Å². The first-order chi connectivity index (χ1) is 9.93. The van der Waals surface area contributed by atoms with Crippen LogP contribution in [0.2, 0.25) is 5.02 Å². The quantitative estimate of drug-likeness (QED) is 0.807. The molecule has 2 amide bonds. The van der Waals surface area contributed by atoms with Crippen molar-refractivity contribution in [3.63, 3.8) is 0 Å². The van der Waals surface area contributed by atoms with Crippen LogP contribution in [0.5, 0.6) is 5.75 Å². The summed E-state index contributed by atoms with van der Waals surface area (Å²) < 4.78 is 18.0. The van der Waals surface area contributed by atoms with Crippen LogP contribution in [0.4, 0.5) is 4.39 Å². The Bertz CT molecular complexity index is 511. The van der Waals surface area contributed by atoms with Gasteiger partial charge in [0.05, 0.1) is 5.02 Å². The molecule has 5 nitrogen and oxygen atoms in total. The van der Waals surface area contributed by atoms with Gasteiger partial charge >= 0.3 is 0 Å². The van der Waals surface area contributed by atoms with Crippen LogP contribution in [-0.2, 0) is 9.59 Å². The van der Waals surface area contributed by atoms with Gasteiger partial charge in [-0.25, -0.2) is 4.39 Å². The first-order valence-electron chi connectivity index (χ1n) is 6.59. The second-order valence-corrected chi connectivity index (χ2v) is 4.85. The molecule has 1 rings (SSSR count). The molecule has 1 aromatic carbocycles. The largest absolute Gasteiger partial charge is 0.482 e. The summed E-state index contributed by atoms with van der Waals surface area (Å²) in [5, 5.41) is 5.25. The molecule has 0 saturated heterocycles. The van der Waals surface area contributed by atoms with Gasteiger partial charge in [-0.05, 0) is 31.5 Å². The zero-order chi connectivity index (χ0) is 15.8. The third-order valence-corrected chi connectivity index (χ3v) is 2.87. The van der Waals surface area contributed by atoms with Crippen molar-refractivity contribution in [3.8, 4) is 5.75 Å². The number of rotatable bonds is 7. The average molecular weight is 317 g/mol. The average Bonchev–Trinajstić information content (AvgIpc) is 2.43. The lowest BCUT2D eigenvalue weighted by Gasteiger charge is -2.14. The summed E-state index contributed by atoms with van der Waals surface area (Å²) in [7, 11) is 0. The topological polar surface area (TPSA) is 67.4 Å². The molecule has 0 bridgehead atoms. The Kier molecular flexibility index (Phi) is 6.94. The predicted octanol–water partition coefficient (Wildman–Crippen LogP) is 1.89. The Morgan fingerprint density at radius 2 is 2.14 bits per heavy atom. The van der Waals surface area contributed by atoms with Crippen LogP contribution in [0.3, 0.4) is 0 Å². The van der Waals surface area contributed by atoms with Gasteiger partial charge in [-0.15, -0.1) is 0 Å². The van der Waals surface area contributed by atoms with E-state index in [2.05, 4.69) is 10.6 Å². The molecule has 0 fully saturated rings. The summed E-state index contributed by atoms with van der Waals surface area (Å²) >= 11 is 5.77. The van der Waals surface area contributed by atoms with E-state index in [0.717, 1.165) is 12.5 Å². The third-order valence-electron chi connectivity index (χ3n) is 2.57. The lowest BCUT2D eigenvalue weighted by Crippen LogP contribution is -2.46. The summed E-state index contributed by atoms with van der Waals surface area (Å²) in [4.78, 5) is 23.2. The van der Waals surface area contributed by atoms with Gasteiger partial charge in [0.1, 0.15) is 17.6 Å². The third kappa shape index (κ3) is 5.99. The van der Waals surface area contributed by atoms with Gasteiger partial charge in [-0.3, -0.25) is 9.59 Å². The number of carbonyl (C=O) groups is 2. The highest BCUT2D eigenvalue weighted by Gasteiger charge is 2.15. The molecule has 1 atom stereocenters. The monoisotopic (exact) mass is 316 g/mol. The van der Waals surface area contributed by atoms with Crippen molar-refractivity contribution < 1.29 is 18.7 Å². The fraction of sp³-hybridized carbons (Fsp3) is 0.429. The molecule has 0 heterocycles. The van der Waals surface area contributed by atoms with E-state index in [1.807, 2.05) is 6.92 Å². The fourth-order valence-corrected chi connectivity index (χ4v) is 1.71. The number of nitrogens with one attached hydrogen (secondary N) is 2. The van der Waals surface area contributed by atoms with Crippen LogP contribution in [-0.4, -0.2) is 31.0 Å². The van der Waals surface area contributed by atoms with Crippen molar-refractivity contribution in [3.05, 3.63) is 29.0 Å². The Labute approximate surface area is 127 Å². The van der Waals surface area contributed by atoms with Crippen molar-refractivity contribution >= 4 is 23.4 Å². The zero-order valence-corrected chi connectivity index (χ0v) is 12.7. The Hall–Kier alpha value is -1.82. The van der Waals surface area contributed by atoms with Gasteiger partial charge in [0, 0.05) is 6.54 Å². The van der Waals surface area contributed by atoms with E-state index >= 15 is 0 Å². The SMILES string of the molecule is CCCNC(=O)[C@H](C)NC(=O)COc1ccc(F)cc1Cl. The standard InChI is InChI=1S/C14H18ClFN2O3/c1-3-6-17-14(20)9(2)18-13(19)8-21-12-5-4-10(16)7-11(12)15/h4-5,7,9H,3,6,8H2,1-2H3,(H,17,20)(H,18,19)/t9-/m0/s1. The number of hydrogen-bond donors (Lipinski definition) is 2. The first kappa shape index (κ1) is 17.2. The van der Waals surface area contributed by atoms with Crippen molar-refractivity contribution in [2.24, 2.45) is 0 Å². The van der Waals surface area contributed by atoms with Gasteiger partial charge in [-0.2, -0.15) is 0 Å². The lowest BCUT2D eigenvalue weighted by molar-refractivity contribution is -0.129. The maximum atomic E-state index is 12.8. The molecular formula is C14H18ClFN2O3. The van der Waals surface area contributed by atoms with Crippen LogP contribution in [0, 0.1) is 5.82 Å². The molecule has 0 spiro atoms. The van der Waals surface area contributed by atoms with E-state index in [9.17, 15) is 14.0 Å². The molecule has 0 aliphatic heterocycles. The van der Waals surface area contributed by atoms with Gasteiger partial charge in [-0.1, -0.05) is 18.5 Å². The van der Waals surface area contributed by atoms with Crippen molar-refractivity contribution in [1.29, 1.82) is 0 Å². The van der Waals surface area contributed by atoms with Crippen LogP contribution in [0.1, 0.15) is 20.3 Å². The molecule has 1 aromatic rings. The number of carbonyl (C=O) groups excluding carboxylic acids is 2. The molecule has 0 aromatic heterocycles. The van der Waals surface area contributed by atoms with Gasteiger partial charge in [0.2, 0.25) is 5.91 Å². The fourth-order valence-electron chi connectivity index (χ4n) is 1.49. The Morgan fingerprint density at radius 1 is 1.43 bits per heavy atom. The maximum Gasteiger partial charge on any atom is 0.258 e. The summed E-state index contributed by atoms with van der Waals surface area (Å²) in [5.41, 5.74) is 0. The molecule has 0 aliphatic rings.